The first kappa shape index (κ1) is 20.7. The Balaban J connectivity index is 2.37. The van der Waals surface area contributed by atoms with E-state index in [0.29, 0.717) is 11.1 Å². The molecule has 0 aliphatic rings. The van der Waals surface area contributed by atoms with Crippen molar-refractivity contribution in [1.29, 1.82) is 0 Å². The molecule has 0 bridgehead atoms. The van der Waals surface area contributed by atoms with Crippen molar-refractivity contribution in [2.24, 2.45) is 5.41 Å². The van der Waals surface area contributed by atoms with E-state index in [2.05, 4.69) is 26.2 Å². The molecule has 2 rings (SSSR count). The fraction of sp³-hybridized carbons (Fsp3) is 0.391. The van der Waals surface area contributed by atoms with Gasteiger partial charge >= 0.3 is 0 Å². The van der Waals surface area contributed by atoms with Gasteiger partial charge in [0.25, 0.3) is 11.8 Å². The van der Waals surface area contributed by atoms with Crippen LogP contribution in [0.2, 0.25) is 0 Å². The van der Waals surface area contributed by atoms with Crippen molar-refractivity contribution in [2.75, 3.05) is 0 Å². The summed E-state index contributed by atoms with van der Waals surface area (Å²) in [5.41, 5.74) is 6.87. The van der Waals surface area contributed by atoms with Crippen molar-refractivity contribution in [1.82, 2.24) is 10.4 Å². The van der Waals surface area contributed by atoms with Crippen LogP contribution in [0.4, 0.5) is 0 Å². The van der Waals surface area contributed by atoms with Gasteiger partial charge in [0.15, 0.2) is 0 Å². The second-order valence-corrected chi connectivity index (χ2v) is 8.40. The summed E-state index contributed by atoms with van der Waals surface area (Å²) in [6, 6.07) is 12.9. The number of nitrogens with zero attached hydrogens (tertiary/aromatic N) is 1. The smallest absolute Gasteiger partial charge is 0.267 e. The third kappa shape index (κ3) is 5.19. The van der Waals surface area contributed by atoms with Crippen molar-refractivity contribution < 1.29 is 9.59 Å². The Hall–Kier alpha value is -2.62. The number of carbonyl (C=O) groups excluding carboxylic acids is 2. The lowest BCUT2D eigenvalue weighted by Gasteiger charge is -2.37. The summed E-state index contributed by atoms with van der Waals surface area (Å²) in [7, 11) is 0. The van der Waals surface area contributed by atoms with Crippen LogP contribution in [0.1, 0.15) is 65.1 Å². The zero-order valence-electron chi connectivity index (χ0n) is 17.4. The monoisotopic (exact) mass is 366 g/mol. The quantitative estimate of drug-likeness (QED) is 0.791. The van der Waals surface area contributed by atoms with E-state index in [0.717, 1.165) is 16.7 Å². The summed E-state index contributed by atoms with van der Waals surface area (Å²) in [6.07, 6.45) is 0. The zero-order valence-corrected chi connectivity index (χ0v) is 17.4. The Morgan fingerprint density at radius 3 is 1.85 bits per heavy atom. The maximum Gasteiger partial charge on any atom is 0.272 e. The third-order valence-electron chi connectivity index (χ3n) is 4.86. The third-order valence-corrected chi connectivity index (χ3v) is 4.86. The summed E-state index contributed by atoms with van der Waals surface area (Å²) in [5, 5.41) is 1.47. The van der Waals surface area contributed by atoms with Crippen molar-refractivity contribution in [3.8, 4) is 0 Å². The number of hydrogen-bond donors (Lipinski definition) is 1. The molecule has 0 saturated carbocycles. The van der Waals surface area contributed by atoms with E-state index >= 15 is 0 Å². The number of amides is 2. The highest BCUT2D eigenvalue weighted by molar-refractivity contribution is 5.99. The lowest BCUT2D eigenvalue weighted by molar-refractivity contribution is 0.0337. The molecule has 1 N–H and O–H groups in total. The van der Waals surface area contributed by atoms with Gasteiger partial charge in [-0.05, 0) is 57.4 Å². The molecular formula is C23H30N2O2. The lowest BCUT2D eigenvalue weighted by atomic mass is 9.87. The lowest BCUT2D eigenvalue weighted by Crippen LogP contribution is -2.55. The van der Waals surface area contributed by atoms with Crippen molar-refractivity contribution in [2.45, 2.75) is 54.5 Å². The van der Waals surface area contributed by atoms with Crippen LogP contribution in [0.3, 0.4) is 0 Å². The number of hydrogen-bond acceptors (Lipinski definition) is 2. The molecule has 0 aromatic heterocycles. The molecule has 1 unspecified atom stereocenters. The molecule has 0 spiro atoms. The maximum absolute atomic E-state index is 13.3. The Morgan fingerprint density at radius 1 is 0.852 bits per heavy atom. The Bertz CT molecular complexity index is 812. The minimum absolute atomic E-state index is 0.194. The second-order valence-electron chi connectivity index (χ2n) is 8.40. The van der Waals surface area contributed by atoms with E-state index in [1.807, 2.05) is 58.0 Å². The second kappa shape index (κ2) is 7.95. The van der Waals surface area contributed by atoms with Crippen molar-refractivity contribution in [3.63, 3.8) is 0 Å². The summed E-state index contributed by atoms with van der Waals surface area (Å²) in [5.74, 6) is -0.492. The van der Waals surface area contributed by atoms with Crippen LogP contribution in [0.15, 0.2) is 42.5 Å². The fourth-order valence-electron chi connectivity index (χ4n) is 2.83. The molecule has 4 nitrogen and oxygen atoms in total. The molecule has 0 heterocycles. The average Bonchev–Trinajstić information content (AvgIpc) is 2.57. The highest BCUT2D eigenvalue weighted by atomic mass is 16.2. The molecule has 2 aromatic rings. The molecule has 0 saturated heterocycles. The van der Waals surface area contributed by atoms with Crippen LogP contribution < -0.4 is 5.43 Å². The molecular weight excluding hydrogens is 336 g/mol. The fourth-order valence-corrected chi connectivity index (χ4v) is 2.83. The molecule has 0 aliphatic carbocycles. The normalized spacial score (nSPS) is 12.4. The van der Waals surface area contributed by atoms with Gasteiger partial charge in [-0.25, -0.2) is 5.01 Å². The van der Waals surface area contributed by atoms with Gasteiger partial charge in [0, 0.05) is 11.1 Å². The molecule has 2 aromatic carbocycles. The van der Waals surface area contributed by atoms with E-state index in [4.69, 9.17) is 0 Å². The molecule has 4 heteroatoms. The number of aryl methyl sites for hydroxylation is 3. The molecule has 27 heavy (non-hydrogen) atoms. The maximum atomic E-state index is 13.3. The van der Waals surface area contributed by atoms with Gasteiger partial charge in [-0.15, -0.1) is 0 Å². The molecule has 1 atom stereocenters. The van der Waals surface area contributed by atoms with Gasteiger partial charge in [-0.1, -0.05) is 55.7 Å². The van der Waals surface area contributed by atoms with Crippen LogP contribution in [0, 0.1) is 26.2 Å². The van der Waals surface area contributed by atoms with E-state index < -0.39 is 0 Å². The van der Waals surface area contributed by atoms with Gasteiger partial charge in [0.2, 0.25) is 0 Å². The number of nitrogens with one attached hydrogen (secondary N) is 1. The minimum atomic E-state index is -0.288. The highest BCUT2D eigenvalue weighted by Gasteiger charge is 2.32. The van der Waals surface area contributed by atoms with Gasteiger partial charge in [0.05, 0.1) is 6.04 Å². The zero-order chi connectivity index (χ0) is 20.4. The van der Waals surface area contributed by atoms with Crippen LogP contribution in [-0.2, 0) is 0 Å². The average molecular weight is 367 g/mol. The number of benzene rings is 2. The Morgan fingerprint density at radius 2 is 1.37 bits per heavy atom. The molecule has 0 radical (unpaired) electrons. The first-order valence-corrected chi connectivity index (χ1v) is 9.28. The molecule has 0 aliphatic heterocycles. The number of carbonyl (C=O) groups is 2. The van der Waals surface area contributed by atoms with Crippen molar-refractivity contribution >= 4 is 11.8 Å². The van der Waals surface area contributed by atoms with Crippen molar-refractivity contribution in [3.05, 3.63) is 70.3 Å². The first-order chi connectivity index (χ1) is 12.5. The Kier molecular flexibility index (Phi) is 6.09. The van der Waals surface area contributed by atoms with Crippen LogP contribution in [0.25, 0.3) is 0 Å². The molecule has 144 valence electrons. The summed E-state index contributed by atoms with van der Waals surface area (Å²) >= 11 is 0. The standard InChI is InChI=1S/C23H30N2O2/c1-15-8-10-19(11-9-15)21(26)24-25(18(4)23(5,6)7)22(27)20-13-16(2)12-17(3)14-20/h8-14,18H,1-7H3,(H,24,26). The van der Waals surface area contributed by atoms with Crippen LogP contribution in [-0.4, -0.2) is 22.9 Å². The van der Waals surface area contributed by atoms with Crippen LogP contribution >= 0.6 is 0 Å². The minimum Gasteiger partial charge on any atom is -0.267 e. The van der Waals surface area contributed by atoms with E-state index in [9.17, 15) is 9.59 Å². The van der Waals surface area contributed by atoms with Gasteiger partial charge < -0.3 is 0 Å². The topological polar surface area (TPSA) is 49.4 Å². The predicted octanol–water partition coefficient (Wildman–Crippen LogP) is 4.83. The molecule has 2 amide bonds. The Labute approximate surface area is 162 Å². The van der Waals surface area contributed by atoms with Gasteiger partial charge in [-0.2, -0.15) is 0 Å². The van der Waals surface area contributed by atoms with Crippen LogP contribution in [0.5, 0.6) is 0 Å². The van der Waals surface area contributed by atoms with Gasteiger partial charge in [0.1, 0.15) is 0 Å². The van der Waals surface area contributed by atoms with E-state index in [1.165, 1.54) is 5.01 Å². The summed E-state index contributed by atoms with van der Waals surface area (Å²) in [4.78, 5) is 26.0. The summed E-state index contributed by atoms with van der Waals surface area (Å²) in [6.45, 7) is 14.0. The van der Waals surface area contributed by atoms with Gasteiger partial charge in [-0.3, -0.25) is 15.0 Å². The SMILES string of the molecule is Cc1ccc(C(=O)NN(C(=O)c2cc(C)cc(C)c2)C(C)C(C)(C)C)cc1. The number of hydrazine groups is 1. The highest BCUT2D eigenvalue weighted by Crippen LogP contribution is 2.25. The van der Waals surface area contributed by atoms with E-state index in [-0.39, 0.29) is 23.3 Å². The largest absolute Gasteiger partial charge is 0.272 e. The molecule has 0 fully saturated rings. The first-order valence-electron chi connectivity index (χ1n) is 9.28. The van der Waals surface area contributed by atoms with E-state index in [1.54, 1.807) is 12.1 Å². The predicted molar refractivity (Wildman–Crippen MR) is 110 cm³/mol. The number of rotatable bonds is 3. The summed E-state index contributed by atoms with van der Waals surface area (Å²) < 4.78 is 0.